The fraction of sp³-hybridized carbons (Fsp3) is 0.263. The quantitative estimate of drug-likeness (QED) is 0.695. The largest absolute Gasteiger partial charge is 0.508 e. The summed E-state index contributed by atoms with van der Waals surface area (Å²) in [5, 5.41) is 9.40. The number of hydrogen-bond donors (Lipinski definition) is 1. The molecule has 0 amide bonds. The van der Waals surface area contributed by atoms with Gasteiger partial charge in [0.2, 0.25) is 5.78 Å². The molecule has 1 atom stereocenters. The van der Waals surface area contributed by atoms with Crippen LogP contribution in [0.5, 0.6) is 5.75 Å². The lowest BCUT2D eigenvalue weighted by Crippen LogP contribution is -2.24. The van der Waals surface area contributed by atoms with Crippen molar-refractivity contribution in [1.82, 2.24) is 0 Å². The van der Waals surface area contributed by atoms with Gasteiger partial charge in [-0.15, -0.1) is 0 Å². The highest BCUT2D eigenvalue weighted by Gasteiger charge is 2.22. The van der Waals surface area contributed by atoms with Crippen LogP contribution in [0, 0.1) is 0 Å². The second kappa shape index (κ2) is 6.24. The van der Waals surface area contributed by atoms with E-state index in [4.69, 9.17) is 4.74 Å². The maximum atomic E-state index is 12.5. The average molecular weight is 310 g/mol. The summed E-state index contributed by atoms with van der Waals surface area (Å²) in [5.74, 6) is -0.854. The second-order valence-corrected chi connectivity index (χ2v) is 5.80. The number of Topliss-reactive ketones (excluding diaryl/α,β-unsaturated/α-hetero) is 1. The van der Waals surface area contributed by atoms with Crippen LogP contribution >= 0.6 is 0 Å². The third kappa shape index (κ3) is 3.26. The van der Waals surface area contributed by atoms with Crippen molar-refractivity contribution in [3.63, 3.8) is 0 Å². The summed E-state index contributed by atoms with van der Waals surface area (Å²) in [7, 11) is 0. The average Bonchev–Trinajstić information content (AvgIpc) is 3.01. The first-order chi connectivity index (χ1) is 11.0. The molecule has 0 bridgehead atoms. The highest BCUT2D eigenvalue weighted by Crippen LogP contribution is 2.23. The standard InChI is InChI=1S/C19H18O4/c1-12(23-19(22)16-6-3-7-17(20)11-16)18(21)15-9-8-13-4-2-5-14(13)10-15/h3,6-12,20H,2,4-5H2,1H3/t12-/m1/s1. The first-order valence-electron chi connectivity index (χ1n) is 7.70. The molecule has 0 aliphatic heterocycles. The molecule has 23 heavy (non-hydrogen) atoms. The lowest BCUT2D eigenvalue weighted by atomic mass is 10.0. The number of ketones is 1. The highest BCUT2D eigenvalue weighted by molar-refractivity contribution is 6.01. The van der Waals surface area contributed by atoms with Crippen molar-refractivity contribution in [3.8, 4) is 5.75 Å². The van der Waals surface area contributed by atoms with Gasteiger partial charge in [0.05, 0.1) is 5.56 Å². The molecule has 1 N–H and O–H groups in total. The molecular formula is C19H18O4. The van der Waals surface area contributed by atoms with Crippen LogP contribution in [-0.2, 0) is 17.6 Å². The number of fused-ring (bicyclic) bond motifs is 1. The lowest BCUT2D eigenvalue weighted by Gasteiger charge is -2.13. The van der Waals surface area contributed by atoms with E-state index in [1.165, 1.54) is 29.3 Å². The zero-order valence-electron chi connectivity index (χ0n) is 12.9. The van der Waals surface area contributed by atoms with Crippen molar-refractivity contribution in [3.05, 3.63) is 64.7 Å². The Morgan fingerprint density at radius 1 is 1.04 bits per heavy atom. The van der Waals surface area contributed by atoms with Gasteiger partial charge in [-0.1, -0.05) is 18.2 Å². The number of benzene rings is 2. The van der Waals surface area contributed by atoms with E-state index in [1.54, 1.807) is 19.1 Å². The van der Waals surface area contributed by atoms with Gasteiger partial charge in [-0.05, 0) is 61.6 Å². The Balaban J connectivity index is 1.71. The summed E-state index contributed by atoms with van der Waals surface area (Å²) in [6.45, 7) is 1.57. The molecule has 0 fully saturated rings. The summed E-state index contributed by atoms with van der Waals surface area (Å²) >= 11 is 0. The van der Waals surface area contributed by atoms with Crippen LogP contribution in [0.2, 0.25) is 0 Å². The molecule has 4 nitrogen and oxygen atoms in total. The minimum Gasteiger partial charge on any atom is -0.508 e. The van der Waals surface area contributed by atoms with E-state index in [0.29, 0.717) is 5.56 Å². The first-order valence-corrected chi connectivity index (χ1v) is 7.70. The number of esters is 1. The molecule has 0 saturated heterocycles. The zero-order valence-corrected chi connectivity index (χ0v) is 12.9. The molecule has 0 aromatic heterocycles. The number of carbonyl (C=O) groups is 2. The molecule has 4 heteroatoms. The van der Waals surface area contributed by atoms with Gasteiger partial charge in [-0.2, -0.15) is 0 Å². The summed E-state index contributed by atoms with van der Waals surface area (Å²) in [6, 6.07) is 11.6. The molecule has 1 aliphatic rings. The van der Waals surface area contributed by atoms with Crippen LogP contribution in [0.1, 0.15) is 45.2 Å². The molecule has 3 rings (SSSR count). The predicted molar refractivity (Wildman–Crippen MR) is 85.8 cm³/mol. The van der Waals surface area contributed by atoms with Crippen molar-refractivity contribution >= 4 is 11.8 Å². The highest BCUT2D eigenvalue weighted by atomic mass is 16.5. The molecule has 0 radical (unpaired) electrons. The summed E-state index contributed by atoms with van der Waals surface area (Å²) in [6.07, 6.45) is 2.30. The summed E-state index contributed by atoms with van der Waals surface area (Å²) < 4.78 is 5.23. The topological polar surface area (TPSA) is 63.6 Å². The van der Waals surface area contributed by atoms with E-state index >= 15 is 0 Å². The van der Waals surface area contributed by atoms with Crippen molar-refractivity contribution < 1.29 is 19.4 Å². The summed E-state index contributed by atoms with van der Waals surface area (Å²) in [5.41, 5.74) is 3.30. The van der Waals surface area contributed by atoms with E-state index < -0.39 is 12.1 Å². The van der Waals surface area contributed by atoms with Gasteiger partial charge in [-0.25, -0.2) is 4.79 Å². The fourth-order valence-electron chi connectivity index (χ4n) is 2.87. The van der Waals surface area contributed by atoms with Crippen LogP contribution in [0.25, 0.3) is 0 Å². The minimum absolute atomic E-state index is 0.0166. The molecule has 0 heterocycles. The van der Waals surface area contributed by atoms with E-state index in [-0.39, 0.29) is 17.1 Å². The minimum atomic E-state index is -0.871. The van der Waals surface area contributed by atoms with Gasteiger partial charge in [0.15, 0.2) is 6.10 Å². The van der Waals surface area contributed by atoms with Crippen LogP contribution in [0.3, 0.4) is 0 Å². The van der Waals surface area contributed by atoms with Gasteiger partial charge < -0.3 is 9.84 Å². The van der Waals surface area contributed by atoms with E-state index in [0.717, 1.165) is 19.3 Å². The number of phenolic OH excluding ortho intramolecular Hbond substituents is 1. The van der Waals surface area contributed by atoms with Crippen LogP contribution < -0.4 is 0 Å². The van der Waals surface area contributed by atoms with E-state index in [1.807, 2.05) is 12.1 Å². The molecule has 2 aromatic rings. The molecular weight excluding hydrogens is 292 g/mol. The van der Waals surface area contributed by atoms with Gasteiger partial charge in [0.1, 0.15) is 5.75 Å². The fourth-order valence-corrected chi connectivity index (χ4v) is 2.87. The van der Waals surface area contributed by atoms with Crippen molar-refractivity contribution in [2.75, 3.05) is 0 Å². The third-order valence-corrected chi connectivity index (χ3v) is 4.12. The zero-order chi connectivity index (χ0) is 16.4. The normalized spacial score (nSPS) is 14.1. The van der Waals surface area contributed by atoms with Crippen molar-refractivity contribution in [1.29, 1.82) is 0 Å². The maximum Gasteiger partial charge on any atom is 0.338 e. The third-order valence-electron chi connectivity index (χ3n) is 4.12. The lowest BCUT2D eigenvalue weighted by molar-refractivity contribution is 0.0318. The molecule has 1 aliphatic carbocycles. The van der Waals surface area contributed by atoms with E-state index in [2.05, 4.69) is 0 Å². The van der Waals surface area contributed by atoms with Crippen molar-refractivity contribution in [2.45, 2.75) is 32.3 Å². The Bertz CT molecular complexity index is 764. The van der Waals surface area contributed by atoms with Gasteiger partial charge in [0, 0.05) is 5.56 Å². The number of rotatable bonds is 4. The Morgan fingerprint density at radius 2 is 1.83 bits per heavy atom. The number of hydrogen-bond acceptors (Lipinski definition) is 4. The Morgan fingerprint density at radius 3 is 2.61 bits per heavy atom. The Hall–Kier alpha value is -2.62. The molecule has 2 aromatic carbocycles. The summed E-state index contributed by atoms with van der Waals surface area (Å²) in [4.78, 5) is 24.5. The van der Waals surface area contributed by atoms with Crippen LogP contribution in [0.4, 0.5) is 0 Å². The van der Waals surface area contributed by atoms with Gasteiger partial charge in [0.25, 0.3) is 0 Å². The number of aromatic hydroxyl groups is 1. The molecule has 118 valence electrons. The SMILES string of the molecule is C[C@@H](OC(=O)c1cccc(O)c1)C(=O)c1ccc2c(c1)CCC2. The van der Waals surface area contributed by atoms with Gasteiger partial charge >= 0.3 is 5.97 Å². The number of carbonyl (C=O) groups excluding carboxylic acids is 2. The second-order valence-electron chi connectivity index (χ2n) is 5.80. The molecule has 0 unspecified atom stereocenters. The van der Waals surface area contributed by atoms with Crippen molar-refractivity contribution in [2.24, 2.45) is 0 Å². The van der Waals surface area contributed by atoms with Gasteiger partial charge in [-0.3, -0.25) is 4.79 Å². The smallest absolute Gasteiger partial charge is 0.338 e. The Kier molecular flexibility index (Phi) is 4.15. The number of phenols is 1. The van der Waals surface area contributed by atoms with E-state index in [9.17, 15) is 14.7 Å². The molecule has 0 saturated carbocycles. The number of aryl methyl sites for hydroxylation is 2. The van der Waals surface area contributed by atoms with Crippen LogP contribution in [-0.4, -0.2) is 23.0 Å². The number of ether oxygens (including phenoxy) is 1. The maximum absolute atomic E-state index is 12.5. The Labute approximate surface area is 134 Å². The predicted octanol–water partition coefficient (Wildman–Crippen LogP) is 3.31. The first kappa shape index (κ1) is 15.3. The monoisotopic (exact) mass is 310 g/mol. The van der Waals surface area contributed by atoms with Crippen LogP contribution in [0.15, 0.2) is 42.5 Å². The molecule has 0 spiro atoms.